The topological polar surface area (TPSA) is 105 Å². The molecular weight excluding hydrogens is 453 g/mol. The number of carboxylic acids is 1. The Bertz CT molecular complexity index is 1010. The molecule has 3 rings (SSSR count). The molecule has 0 fully saturated rings. The predicted molar refractivity (Wildman–Crippen MR) is 117 cm³/mol. The summed E-state index contributed by atoms with van der Waals surface area (Å²) in [5.41, 5.74) is 4.20. The van der Waals surface area contributed by atoms with E-state index in [0.717, 1.165) is 22.3 Å². The van der Waals surface area contributed by atoms with Crippen LogP contribution < -0.4 is 10.6 Å². The average molecular weight is 478 g/mol. The number of carbonyl (C=O) groups is 3. The van der Waals surface area contributed by atoms with Crippen molar-refractivity contribution in [3.05, 3.63) is 59.7 Å². The number of carbonyl (C=O) groups excluding carboxylic acids is 2. The third-order valence-corrected chi connectivity index (χ3v) is 5.58. The fraction of sp³-hybridized carbons (Fsp3) is 0.375. The van der Waals surface area contributed by atoms with Gasteiger partial charge in [-0.3, -0.25) is 9.59 Å². The Morgan fingerprint density at radius 3 is 2.09 bits per heavy atom. The number of aliphatic carboxylic acids is 1. The first-order valence-corrected chi connectivity index (χ1v) is 10.8. The molecule has 34 heavy (non-hydrogen) atoms. The second-order valence-electron chi connectivity index (χ2n) is 8.17. The van der Waals surface area contributed by atoms with Crippen LogP contribution in [0.25, 0.3) is 11.1 Å². The van der Waals surface area contributed by atoms with Crippen LogP contribution in [0.15, 0.2) is 48.5 Å². The minimum atomic E-state index is -4.78. The summed E-state index contributed by atoms with van der Waals surface area (Å²) in [7, 11) is 0. The molecule has 2 aromatic rings. The zero-order valence-corrected chi connectivity index (χ0v) is 18.4. The summed E-state index contributed by atoms with van der Waals surface area (Å²) in [4.78, 5) is 34.9. The van der Waals surface area contributed by atoms with Gasteiger partial charge in [0.15, 0.2) is 0 Å². The first kappa shape index (κ1) is 25.1. The quantitative estimate of drug-likeness (QED) is 0.501. The molecule has 0 spiro atoms. The molecule has 0 unspecified atom stereocenters. The highest BCUT2D eigenvalue weighted by atomic mass is 19.4. The first-order valence-electron chi connectivity index (χ1n) is 10.8. The lowest BCUT2D eigenvalue weighted by atomic mass is 9.98. The summed E-state index contributed by atoms with van der Waals surface area (Å²) in [6.45, 7) is 1.52. The van der Waals surface area contributed by atoms with E-state index in [-0.39, 0.29) is 12.5 Å². The van der Waals surface area contributed by atoms with Crippen LogP contribution in [0, 0.1) is 0 Å². The average Bonchev–Trinajstić information content (AvgIpc) is 3.08. The van der Waals surface area contributed by atoms with Gasteiger partial charge in [-0.05, 0) is 35.6 Å². The molecule has 1 aliphatic carbocycles. The number of hydrogen-bond donors (Lipinski definition) is 3. The van der Waals surface area contributed by atoms with E-state index >= 15 is 0 Å². The van der Waals surface area contributed by atoms with Crippen LogP contribution in [0.2, 0.25) is 0 Å². The van der Waals surface area contributed by atoms with Gasteiger partial charge in [0.1, 0.15) is 12.6 Å². The van der Waals surface area contributed by atoms with Gasteiger partial charge >= 0.3 is 18.2 Å². The van der Waals surface area contributed by atoms with Crippen LogP contribution in [-0.2, 0) is 14.3 Å². The second kappa shape index (κ2) is 10.6. The Hall–Kier alpha value is -3.56. The highest BCUT2D eigenvalue weighted by Gasteiger charge is 2.40. The molecule has 2 atom stereocenters. The SMILES string of the molecule is C[C@@H](CC(=O)N[C@@H](CCC(=O)O)C(F)(F)F)NC(=O)OCC1c2ccccc2-c2ccccc21. The molecule has 2 amide bonds. The van der Waals surface area contributed by atoms with Crippen LogP contribution in [-0.4, -0.2) is 47.9 Å². The van der Waals surface area contributed by atoms with Crippen LogP contribution in [0.5, 0.6) is 0 Å². The van der Waals surface area contributed by atoms with E-state index in [1.165, 1.54) is 6.92 Å². The van der Waals surface area contributed by atoms with Crippen molar-refractivity contribution in [1.29, 1.82) is 0 Å². The molecule has 2 aromatic carbocycles. The lowest BCUT2D eigenvalue weighted by Gasteiger charge is -2.22. The van der Waals surface area contributed by atoms with Gasteiger partial charge in [-0.15, -0.1) is 0 Å². The normalized spacial score (nSPS) is 14.5. The van der Waals surface area contributed by atoms with Gasteiger partial charge in [0.25, 0.3) is 0 Å². The highest BCUT2D eigenvalue weighted by Crippen LogP contribution is 2.44. The van der Waals surface area contributed by atoms with Gasteiger partial charge in [-0.2, -0.15) is 13.2 Å². The first-order chi connectivity index (χ1) is 16.1. The van der Waals surface area contributed by atoms with Crippen LogP contribution in [0.4, 0.5) is 18.0 Å². The Morgan fingerprint density at radius 2 is 1.56 bits per heavy atom. The summed E-state index contributed by atoms with van der Waals surface area (Å²) in [5, 5.41) is 12.8. The molecule has 0 saturated carbocycles. The third-order valence-electron chi connectivity index (χ3n) is 5.58. The van der Waals surface area contributed by atoms with Crippen molar-refractivity contribution in [3.8, 4) is 11.1 Å². The maximum Gasteiger partial charge on any atom is 0.408 e. The van der Waals surface area contributed by atoms with E-state index in [1.54, 1.807) is 5.32 Å². The summed E-state index contributed by atoms with van der Waals surface area (Å²) in [6.07, 6.45) is -7.52. The third kappa shape index (κ3) is 6.27. The van der Waals surface area contributed by atoms with Crippen molar-refractivity contribution in [3.63, 3.8) is 0 Å². The van der Waals surface area contributed by atoms with Crippen LogP contribution in [0.3, 0.4) is 0 Å². The number of rotatable bonds is 9. The van der Waals surface area contributed by atoms with Crippen LogP contribution >= 0.6 is 0 Å². The number of fused-ring (bicyclic) bond motifs is 3. The predicted octanol–water partition coefficient (Wildman–Crippen LogP) is 4.22. The molecule has 10 heteroatoms. The summed E-state index contributed by atoms with van der Waals surface area (Å²) in [6, 6.07) is 12.5. The molecule has 0 radical (unpaired) electrons. The minimum Gasteiger partial charge on any atom is -0.481 e. The Balaban J connectivity index is 1.51. The van der Waals surface area contributed by atoms with Crippen molar-refractivity contribution in [1.82, 2.24) is 10.6 Å². The monoisotopic (exact) mass is 478 g/mol. The van der Waals surface area contributed by atoms with Crippen molar-refractivity contribution in [2.45, 2.75) is 50.4 Å². The van der Waals surface area contributed by atoms with Crippen LogP contribution in [0.1, 0.15) is 43.2 Å². The molecular formula is C24H25F3N2O5. The van der Waals surface area contributed by atoms with Gasteiger partial charge in [0, 0.05) is 24.8 Å². The maximum atomic E-state index is 13.0. The Kier molecular flexibility index (Phi) is 7.80. The fourth-order valence-electron chi connectivity index (χ4n) is 4.01. The smallest absolute Gasteiger partial charge is 0.408 e. The molecule has 0 aliphatic heterocycles. The summed E-state index contributed by atoms with van der Waals surface area (Å²) >= 11 is 0. The number of ether oxygens (including phenoxy) is 1. The van der Waals surface area contributed by atoms with Crippen molar-refractivity contribution in [2.24, 2.45) is 0 Å². The number of benzene rings is 2. The molecule has 1 aliphatic rings. The molecule has 7 nitrogen and oxygen atoms in total. The van der Waals surface area contributed by atoms with Gasteiger partial charge in [0.05, 0.1) is 0 Å². The van der Waals surface area contributed by atoms with Crippen molar-refractivity contribution >= 4 is 18.0 Å². The van der Waals surface area contributed by atoms with E-state index < -0.39 is 55.5 Å². The molecule has 0 heterocycles. The standard InChI is InChI=1S/C24H25F3N2O5/c1-14(12-21(30)29-20(24(25,26)27)10-11-22(31)32)28-23(33)34-13-19-17-8-4-2-6-15(17)16-7-3-5-9-18(16)19/h2-9,14,19-20H,10-13H2,1H3,(H,28,33)(H,29,30)(H,31,32)/t14-,20-/m0/s1. The van der Waals surface area contributed by atoms with Gasteiger partial charge in [0.2, 0.25) is 5.91 Å². The zero-order chi connectivity index (χ0) is 24.9. The maximum absolute atomic E-state index is 13.0. The largest absolute Gasteiger partial charge is 0.481 e. The summed E-state index contributed by atoms with van der Waals surface area (Å²) in [5.74, 6) is -2.51. The zero-order valence-electron chi connectivity index (χ0n) is 18.4. The number of alkyl halides is 3. The molecule has 3 N–H and O–H groups in total. The molecule has 182 valence electrons. The van der Waals surface area contributed by atoms with E-state index in [0.29, 0.717) is 0 Å². The number of amides is 2. The van der Waals surface area contributed by atoms with Gasteiger partial charge in [-0.1, -0.05) is 48.5 Å². The van der Waals surface area contributed by atoms with Crippen molar-refractivity contribution in [2.75, 3.05) is 6.61 Å². The lowest BCUT2D eigenvalue weighted by Crippen LogP contribution is -2.47. The number of alkyl carbamates (subject to hydrolysis) is 1. The van der Waals surface area contributed by atoms with E-state index in [1.807, 2.05) is 48.5 Å². The van der Waals surface area contributed by atoms with Crippen molar-refractivity contribution < 1.29 is 37.4 Å². The fourth-order valence-corrected chi connectivity index (χ4v) is 4.01. The van der Waals surface area contributed by atoms with E-state index in [9.17, 15) is 27.6 Å². The Morgan fingerprint density at radius 1 is 1.00 bits per heavy atom. The lowest BCUT2D eigenvalue weighted by molar-refractivity contribution is -0.164. The van der Waals surface area contributed by atoms with E-state index in [4.69, 9.17) is 9.84 Å². The minimum absolute atomic E-state index is 0.0596. The number of nitrogens with one attached hydrogen (secondary N) is 2. The Labute approximate surface area is 194 Å². The summed E-state index contributed by atoms with van der Waals surface area (Å²) < 4.78 is 44.5. The molecule has 0 bridgehead atoms. The number of carboxylic acid groups (broad SMARTS) is 1. The molecule has 0 saturated heterocycles. The number of hydrogen-bond acceptors (Lipinski definition) is 4. The van der Waals surface area contributed by atoms with Gasteiger partial charge < -0.3 is 20.5 Å². The van der Waals surface area contributed by atoms with E-state index in [2.05, 4.69) is 5.32 Å². The highest BCUT2D eigenvalue weighted by molar-refractivity contribution is 5.79. The number of halogens is 3. The molecule has 0 aromatic heterocycles. The second-order valence-corrected chi connectivity index (χ2v) is 8.17. The van der Waals surface area contributed by atoms with Gasteiger partial charge in [-0.25, -0.2) is 4.79 Å².